The Bertz CT molecular complexity index is 348. The van der Waals surface area contributed by atoms with E-state index in [2.05, 4.69) is 11.4 Å². The molecule has 1 aliphatic heterocycles. The van der Waals surface area contributed by atoms with E-state index in [0.29, 0.717) is 6.61 Å². The summed E-state index contributed by atoms with van der Waals surface area (Å²) in [5, 5.41) is 3.39. The molecular weight excluding hydrogens is 226 g/mol. The molecule has 1 aromatic carbocycles. The standard InChI is InChI=1S/C15H23NO2/c1-17-15-5-3-2-4-14(15)12-18-11-8-13-6-9-16-10-7-13/h2-5,13,16H,6-12H2,1H3. The van der Waals surface area contributed by atoms with E-state index in [0.717, 1.165) is 36.9 Å². The largest absolute Gasteiger partial charge is 0.496 e. The lowest BCUT2D eigenvalue weighted by Crippen LogP contribution is -2.28. The first-order chi connectivity index (χ1) is 8.90. The average molecular weight is 249 g/mol. The molecule has 1 N–H and O–H groups in total. The van der Waals surface area contributed by atoms with Crippen molar-refractivity contribution in [3.63, 3.8) is 0 Å². The Morgan fingerprint density at radius 1 is 1.22 bits per heavy atom. The van der Waals surface area contributed by atoms with Crippen LogP contribution in [0.15, 0.2) is 24.3 Å². The van der Waals surface area contributed by atoms with E-state index in [4.69, 9.17) is 9.47 Å². The van der Waals surface area contributed by atoms with E-state index >= 15 is 0 Å². The van der Waals surface area contributed by atoms with E-state index in [1.807, 2.05) is 18.2 Å². The predicted molar refractivity (Wildman–Crippen MR) is 72.9 cm³/mol. The minimum Gasteiger partial charge on any atom is -0.496 e. The Morgan fingerprint density at radius 3 is 2.78 bits per heavy atom. The first kappa shape index (κ1) is 13.4. The summed E-state index contributed by atoms with van der Waals surface area (Å²) in [7, 11) is 1.70. The van der Waals surface area contributed by atoms with E-state index in [1.54, 1.807) is 7.11 Å². The van der Waals surface area contributed by atoms with E-state index < -0.39 is 0 Å². The van der Waals surface area contributed by atoms with Crippen LogP contribution in [0.4, 0.5) is 0 Å². The maximum atomic E-state index is 5.76. The van der Waals surface area contributed by atoms with Gasteiger partial charge < -0.3 is 14.8 Å². The number of para-hydroxylation sites is 1. The molecule has 0 aliphatic carbocycles. The maximum absolute atomic E-state index is 5.76. The van der Waals surface area contributed by atoms with Gasteiger partial charge in [0.25, 0.3) is 0 Å². The van der Waals surface area contributed by atoms with E-state index in [1.165, 1.54) is 19.3 Å². The van der Waals surface area contributed by atoms with Gasteiger partial charge in [-0.05, 0) is 44.3 Å². The molecule has 2 rings (SSSR count). The lowest BCUT2D eigenvalue weighted by molar-refractivity contribution is 0.101. The van der Waals surface area contributed by atoms with Gasteiger partial charge in [-0.3, -0.25) is 0 Å². The maximum Gasteiger partial charge on any atom is 0.124 e. The number of piperidine rings is 1. The van der Waals surface area contributed by atoms with Crippen molar-refractivity contribution < 1.29 is 9.47 Å². The molecule has 0 atom stereocenters. The molecule has 3 nitrogen and oxygen atoms in total. The molecule has 0 aromatic heterocycles. The Hall–Kier alpha value is -1.06. The second-order valence-corrected chi connectivity index (χ2v) is 4.85. The van der Waals surface area contributed by atoms with E-state index in [-0.39, 0.29) is 0 Å². The zero-order valence-corrected chi connectivity index (χ0v) is 11.2. The molecule has 0 unspecified atom stereocenters. The molecule has 100 valence electrons. The van der Waals surface area contributed by atoms with Crippen LogP contribution in [0.3, 0.4) is 0 Å². The smallest absolute Gasteiger partial charge is 0.124 e. The molecule has 0 amide bonds. The van der Waals surface area contributed by atoms with Gasteiger partial charge in [0.2, 0.25) is 0 Å². The summed E-state index contributed by atoms with van der Waals surface area (Å²) in [6.45, 7) is 3.83. The van der Waals surface area contributed by atoms with Crippen molar-refractivity contribution in [2.24, 2.45) is 5.92 Å². The summed E-state index contributed by atoms with van der Waals surface area (Å²) in [4.78, 5) is 0. The lowest BCUT2D eigenvalue weighted by atomic mass is 9.95. The lowest BCUT2D eigenvalue weighted by Gasteiger charge is -2.22. The van der Waals surface area contributed by atoms with Gasteiger partial charge in [-0.25, -0.2) is 0 Å². The highest BCUT2D eigenvalue weighted by Crippen LogP contribution is 2.19. The fourth-order valence-electron chi connectivity index (χ4n) is 2.42. The Kier molecular flexibility index (Phi) is 5.49. The molecule has 1 aliphatic rings. The molecular formula is C15H23NO2. The van der Waals surface area contributed by atoms with Crippen LogP contribution in [0.25, 0.3) is 0 Å². The zero-order valence-electron chi connectivity index (χ0n) is 11.2. The van der Waals surface area contributed by atoms with E-state index in [9.17, 15) is 0 Å². The minimum absolute atomic E-state index is 0.648. The molecule has 0 radical (unpaired) electrons. The third-order valence-electron chi connectivity index (χ3n) is 3.58. The molecule has 0 bridgehead atoms. The summed E-state index contributed by atoms with van der Waals surface area (Å²) in [5.74, 6) is 1.75. The molecule has 0 spiro atoms. The number of rotatable bonds is 6. The molecule has 1 heterocycles. The van der Waals surface area contributed by atoms with Gasteiger partial charge in [0.15, 0.2) is 0 Å². The van der Waals surface area contributed by atoms with Gasteiger partial charge in [0, 0.05) is 12.2 Å². The normalized spacial score (nSPS) is 16.7. The predicted octanol–water partition coefficient (Wildman–Crippen LogP) is 2.60. The van der Waals surface area contributed by atoms with Crippen molar-refractivity contribution in [3.8, 4) is 5.75 Å². The van der Waals surface area contributed by atoms with Crippen LogP contribution < -0.4 is 10.1 Å². The summed E-state index contributed by atoms with van der Waals surface area (Å²) >= 11 is 0. The average Bonchev–Trinajstić information content (AvgIpc) is 2.45. The SMILES string of the molecule is COc1ccccc1COCCC1CCNCC1. The first-order valence-electron chi connectivity index (χ1n) is 6.80. The number of hydrogen-bond acceptors (Lipinski definition) is 3. The van der Waals surface area contributed by atoms with Crippen molar-refractivity contribution in [1.82, 2.24) is 5.32 Å². The molecule has 1 fully saturated rings. The number of methoxy groups -OCH3 is 1. The van der Waals surface area contributed by atoms with Crippen molar-refractivity contribution in [2.45, 2.75) is 25.9 Å². The monoisotopic (exact) mass is 249 g/mol. The molecule has 0 saturated carbocycles. The van der Waals surface area contributed by atoms with Crippen molar-refractivity contribution in [1.29, 1.82) is 0 Å². The van der Waals surface area contributed by atoms with Gasteiger partial charge >= 0.3 is 0 Å². The summed E-state index contributed by atoms with van der Waals surface area (Å²) < 4.78 is 11.1. The second-order valence-electron chi connectivity index (χ2n) is 4.85. The summed E-state index contributed by atoms with van der Waals surface area (Å²) in [6.07, 6.45) is 3.76. The highest BCUT2D eigenvalue weighted by molar-refractivity contribution is 5.32. The van der Waals surface area contributed by atoms with Crippen molar-refractivity contribution in [3.05, 3.63) is 29.8 Å². The van der Waals surface area contributed by atoms with Crippen LogP contribution in [0.1, 0.15) is 24.8 Å². The number of benzene rings is 1. The Morgan fingerprint density at radius 2 is 2.00 bits per heavy atom. The number of hydrogen-bond donors (Lipinski definition) is 1. The second kappa shape index (κ2) is 7.39. The molecule has 1 aromatic rings. The molecule has 3 heteroatoms. The molecule has 18 heavy (non-hydrogen) atoms. The van der Waals surface area contributed by atoms with Crippen molar-refractivity contribution in [2.75, 3.05) is 26.8 Å². The van der Waals surface area contributed by atoms with Crippen LogP contribution in [-0.2, 0) is 11.3 Å². The number of ether oxygens (including phenoxy) is 2. The fraction of sp³-hybridized carbons (Fsp3) is 0.600. The topological polar surface area (TPSA) is 30.5 Å². The minimum atomic E-state index is 0.648. The van der Waals surface area contributed by atoms with Gasteiger partial charge in [-0.15, -0.1) is 0 Å². The third kappa shape index (κ3) is 4.00. The van der Waals surface area contributed by atoms with Gasteiger partial charge in [0.05, 0.1) is 13.7 Å². The highest BCUT2D eigenvalue weighted by atomic mass is 16.5. The summed E-state index contributed by atoms with van der Waals surface area (Å²) in [5.41, 5.74) is 1.13. The summed E-state index contributed by atoms with van der Waals surface area (Å²) in [6, 6.07) is 8.04. The highest BCUT2D eigenvalue weighted by Gasteiger charge is 2.12. The number of nitrogens with one attached hydrogen (secondary N) is 1. The van der Waals surface area contributed by atoms with Crippen LogP contribution in [0, 0.1) is 5.92 Å². The van der Waals surface area contributed by atoms with Gasteiger partial charge in [-0.2, -0.15) is 0 Å². The van der Waals surface area contributed by atoms with Crippen LogP contribution >= 0.6 is 0 Å². The fourth-order valence-corrected chi connectivity index (χ4v) is 2.42. The van der Waals surface area contributed by atoms with Gasteiger partial charge in [0.1, 0.15) is 5.75 Å². The van der Waals surface area contributed by atoms with Crippen molar-refractivity contribution >= 4 is 0 Å². The van der Waals surface area contributed by atoms with Crippen LogP contribution in [0.5, 0.6) is 5.75 Å². The Balaban J connectivity index is 1.68. The quantitative estimate of drug-likeness (QED) is 0.786. The first-order valence-corrected chi connectivity index (χ1v) is 6.80. The molecule has 1 saturated heterocycles. The third-order valence-corrected chi connectivity index (χ3v) is 3.58. The Labute approximate surface area is 109 Å². The van der Waals surface area contributed by atoms with Gasteiger partial charge in [-0.1, -0.05) is 18.2 Å². The van der Waals surface area contributed by atoms with Crippen LogP contribution in [-0.4, -0.2) is 26.8 Å². The zero-order chi connectivity index (χ0) is 12.6. The van der Waals surface area contributed by atoms with Crippen LogP contribution in [0.2, 0.25) is 0 Å².